The number of benzene rings is 1. The van der Waals surface area contributed by atoms with Crippen molar-refractivity contribution in [1.29, 1.82) is 0 Å². The van der Waals surface area contributed by atoms with Gasteiger partial charge in [-0.15, -0.1) is 0 Å². The summed E-state index contributed by atoms with van der Waals surface area (Å²) >= 11 is 0. The normalized spacial score (nSPS) is 12.3. The van der Waals surface area contributed by atoms with Gasteiger partial charge < -0.3 is 10.6 Å². The van der Waals surface area contributed by atoms with Gasteiger partial charge in [0.25, 0.3) is 0 Å². The van der Waals surface area contributed by atoms with Crippen LogP contribution in [-0.2, 0) is 12.7 Å². The van der Waals surface area contributed by atoms with Crippen molar-refractivity contribution in [3.63, 3.8) is 0 Å². The van der Waals surface area contributed by atoms with E-state index in [-0.39, 0.29) is 12.2 Å². The topological polar surface area (TPSA) is 29.3 Å². The zero-order valence-electron chi connectivity index (χ0n) is 13.2. The fourth-order valence-corrected chi connectivity index (χ4v) is 2.37. The van der Waals surface area contributed by atoms with E-state index < -0.39 is 11.7 Å². The minimum Gasteiger partial charge on any atom is -0.371 e. The van der Waals surface area contributed by atoms with E-state index in [0.717, 1.165) is 0 Å². The summed E-state index contributed by atoms with van der Waals surface area (Å²) in [6, 6.07) is 4.40. The van der Waals surface area contributed by atoms with Crippen LogP contribution >= 0.6 is 0 Å². The van der Waals surface area contributed by atoms with Crippen LogP contribution in [0.15, 0.2) is 18.2 Å². The van der Waals surface area contributed by atoms with Crippen LogP contribution in [0.4, 0.5) is 18.9 Å². The number of rotatable bonds is 6. The van der Waals surface area contributed by atoms with Crippen LogP contribution in [0.2, 0.25) is 0 Å². The fourth-order valence-electron chi connectivity index (χ4n) is 2.37. The van der Waals surface area contributed by atoms with Crippen LogP contribution in [0, 0.1) is 11.8 Å². The molecule has 120 valence electrons. The number of nitrogens with zero attached hydrogens (tertiary/aromatic N) is 1. The Labute approximate surface area is 125 Å². The minimum absolute atomic E-state index is 0.109. The highest BCUT2D eigenvalue weighted by Crippen LogP contribution is 2.37. The summed E-state index contributed by atoms with van der Waals surface area (Å²) in [4.78, 5) is 1.83. The molecule has 0 amide bonds. The SMILES string of the molecule is CC(C)CN(CC(C)C)c1ccc(CN)cc1C(F)(F)F. The van der Waals surface area contributed by atoms with Gasteiger partial charge in [-0.05, 0) is 29.5 Å². The van der Waals surface area contributed by atoms with Crippen molar-refractivity contribution < 1.29 is 13.2 Å². The third-order valence-electron chi connectivity index (χ3n) is 3.11. The quantitative estimate of drug-likeness (QED) is 0.849. The van der Waals surface area contributed by atoms with Crippen molar-refractivity contribution >= 4 is 5.69 Å². The van der Waals surface area contributed by atoms with Gasteiger partial charge in [-0.2, -0.15) is 13.2 Å². The zero-order valence-corrected chi connectivity index (χ0v) is 13.2. The standard InChI is InChI=1S/C16H25F3N2/c1-11(2)9-21(10-12(3)4)15-6-5-13(8-20)7-14(15)16(17,18)19/h5-7,11-12H,8-10,20H2,1-4H3. The molecule has 0 unspecified atom stereocenters. The Morgan fingerprint density at radius 2 is 1.57 bits per heavy atom. The number of hydrogen-bond donors (Lipinski definition) is 1. The van der Waals surface area contributed by atoms with Gasteiger partial charge in [0.2, 0.25) is 0 Å². The van der Waals surface area contributed by atoms with Crippen LogP contribution < -0.4 is 10.6 Å². The van der Waals surface area contributed by atoms with Crippen LogP contribution in [0.1, 0.15) is 38.8 Å². The van der Waals surface area contributed by atoms with Gasteiger partial charge >= 0.3 is 6.18 Å². The molecule has 0 spiro atoms. The van der Waals surface area contributed by atoms with Crippen molar-refractivity contribution in [3.8, 4) is 0 Å². The summed E-state index contributed by atoms with van der Waals surface area (Å²) in [6.45, 7) is 9.34. The van der Waals surface area contributed by atoms with Gasteiger partial charge in [0.15, 0.2) is 0 Å². The van der Waals surface area contributed by atoms with Gasteiger partial charge in [0, 0.05) is 25.3 Å². The molecule has 0 aliphatic heterocycles. The largest absolute Gasteiger partial charge is 0.418 e. The molecule has 5 heteroatoms. The summed E-state index contributed by atoms with van der Waals surface area (Å²) in [7, 11) is 0. The highest BCUT2D eigenvalue weighted by molar-refractivity contribution is 5.56. The van der Waals surface area contributed by atoms with Gasteiger partial charge in [-0.25, -0.2) is 0 Å². The molecule has 0 atom stereocenters. The lowest BCUT2D eigenvalue weighted by atomic mass is 10.0. The first-order valence-electron chi connectivity index (χ1n) is 7.30. The van der Waals surface area contributed by atoms with Crippen molar-refractivity contribution in [2.24, 2.45) is 17.6 Å². The van der Waals surface area contributed by atoms with Crippen molar-refractivity contribution in [2.75, 3.05) is 18.0 Å². The molecule has 0 saturated heterocycles. The molecule has 0 radical (unpaired) electrons. The molecule has 2 N–H and O–H groups in total. The number of halogens is 3. The Hall–Kier alpha value is -1.23. The maximum absolute atomic E-state index is 13.3. The van der Waals surface area contributed by atoms with Gasteiger partial charge in [0.05, 0.1) is 5.56 Å². The van der Waals surface area contributed by atoms with Crippen molar-refractivity contribution in [2.45, 2.75) is 40.4 Å². The van der Waals surface area contributed by atoms with Crippen molar-refractivity contribution in [1.82, 2.24) is 0 Å². The lowest BCUT2D eigenvalue weighted by molar-refractivity contribution is -0.137. The molecule has 1 aromatic carbocycles. The summed E-state index contributed by atoms with van der Waals surface area (Å²) in [5.41, 5.74) is 5.63. The Morgan fingerprint density at radius 1 is 1.05 bits per heavy atom. The second-order valence-electron chi connectivity index (χ2n) is 6.25. The number of alkyl halides is 3. The van der Waals surface area contributed by atoms with E-state index in [1.165, 1.54) is 6.07 Å². The van der Waals surface area contributed by atoms with Crippen LogP contribution in [0.5, 0.6) is 0 Å². The van der Waals surface area contributed by atoms with Crippen LogP contribution in [0.25, 0.3) is 0 Å². The molecule has 0 aliphatic rings. The second kappa shape index (κ2) is 7.16. The van der Waals surface area contributed by atoms with E-state index in [0.29, 0.717) is 30.5 Å². The molecule has 0 fully saturated rings. The predicted molar refractivity (Wildman–Crippen MR) is 81.2 cm³/mol. The summed E-state index contributed by atoms with van der Waals surface area (Å²) < 4.78 is 40.0. The molecule has 0 heterocycles. The molecular formula is C16H25F3N2. The van der Waals surface area contributed by atoms with Gasteiger partial charge in [0.1, 0.15) is 0 Å². The molecule has 0 bridgehead atoms. The molecule has 0 aliphatic carbocycles. The monoisotopic (exact) mass is 302 g/mol. The highest BCUT2D eigenvalue weighted by Gasteiger charge is 2.35. The maximum atomic E-state index is 13.3. The minimum atomic E-state index is -4.37. The molecular weight excluding hydrogens is 277 g/mol. The molecule has 21 heavy (non-hydrogen) atoms. The van der Waals surface area contributed by atoms with Crippen LogP contribution in [0.3, 0.4) is 0 Å². The highest BCUT2D eigenvalue weighted by atomic mass is 19.4. The Bertz CT molecular complexity index is 443. The second-order valence-corrected chi connectivity index (χ2v) is 6.25. The van der Waals surface area contributed by atoms with Gasteiger partial charge in [-0.1, -0.05) is 33.8 Å². The third kappa shape index (κ3) is 5.23. The Balaban J connectivity index is 3.28. The average Bonchev–Trinajstić information content (AvgIpc) is 2.35. The first-order valence-corrected chi connectivity index (χ1v) is 7.30. The first-order chi connectivity index (χ1) is 9.65. The smallest absolute Gasteiger partial charge is 0.371 e. The molecule has 2 nitrogen and oxygen atoms in total. The zero-order chi connectivity index (χ0) is 16.2. The van der Waals surface area contributed by atoms with Gasteiger partial charge in [-0.3, -0.25) is 0 Å². The fraction of sp³-hybridized carbons (Fsp3) is 0.625. The maximum Gasteiger partial charge on any atom is 0.418 e. The van der Waals surface area contributed by atoms with E-state index in [2.05, 4.69) is 0 Å². The van der Waals surface area contributed by atoms with Crippen molar-refractivity contribution in [3.05, 3.63) is 29.3 Å². The average molecular weight is 302 g/mol. The summed E-state index contributed by atoms with van der Waals surface area (Å²) in [6.07, 6.45) is -4.37. The van der Waals surface area contributed by atoms with E-state index in [1.807, 2.05) is 32.6 Å². The lowest BCUT2D eigenvalue weighted by Crippen LogP contribution is -2.33. The molecule has 1 rings (SSSR count). The van der Waals surface area contributed by atoms with E-state index in [9.17, 15) is 13.2 Å². The van der Waals surface area contributed by atoms with E-state index in [1.54, 1.807) is 12.1 Å². The predicted octanol–water partition coefficient (Wildman–Crippen LogP) is 4.28. The molecule has 0 saturated carbocycles. The lowest BCUT2D eigenvalue weighted by Gasteiger charge is -2.31. The Morgan fingerprint density at radius 3 is 1.95 bits per heavy atom. The summed E-state index contributed by atoms with van der Waals surface area (Å²) in [5.74, 6) is 0.582. The van der Waals surface area contributed by atoms with E-state index in [4.69, 9.17) is 5.73 Å². The molecule has 1 aromatic rings. The number of nitrogens with two attached hydrogens (primary N) is 1. The Kier molecular flexibility index (Phi) is 6.08. The number of hydrogen-bond acceptors (Lipinski definition) is 2. The van der Waals surface area contributed by atoms with E-state index >= 15 is 0 Å². The summed E-state index contributed by atoms with van der Waals surface area (Å²) in [5, 5.41) is 0. The third-order valence-corrected chi connectivity index (χ3v) is 3.11. The first kappa shape index (κ1) is 17.8. The molecule has 0 aromatic heterocycles. The van der Waals surface area contributed by atoms with Crippen LogP contribution in [-0.4, -0.2) is 13.1 Å². The number of anilines is 1.